The Morgan fingerprint density at radius 2 is 1.41 bits per heavy atom. The van der Waals surface area contributed by atoms with Crippen LogP contribution in [-0.2, 0) is 13.2 Å². The zero-order chi connectivity index (χ0) is 19.2. The molecule has 0 bridgehead atoms. The van der Waals surface area contributed by atoms with E-state index in [4.69, 9.17) is 15.2 Å². The van der Waals surface area contributed by atoms with E-state index in [9.17, 15) is 0 Å². The monoisotopic (exact) mass is 359 g/mol. The van der Waals surface area contributed by atoms with Crippen LogP contribution in [0.5, 0.6) is 11.5 Å². The first kappa shape index (κ1) is 18.6. The molecule has 27 heavy (non-hydrogen) atoms. The third kappa shape index (κ3) is 4.91. The largest absolute Gasteiger partial charge is 0.489 e. The van der Waals surface area contributed by atoms with Gasteiger partial charge in [-0.1, -0.05) is 54.6 Å². The number of nitrogens with two attached hydrogens (primary N) is 1. The number of para-hydroxylation sites is 1. The van der Waals surface area contributed by atoms with Gasteiger partial charge in [0.2, 0.25) is 0 Å². The minimum Gasteiger partial charge on any atom is -0.489 e. The first-order valence-corrected chi connectivity index (χ1v) is 8.97. The van der Waals surface area contributed by atoms with Crippen molar-refractivity contribution in [1.82, 2.24) is 0 Å². The first-order valence-electron chi connectivity index (χ1n) is 8.97. The lowest BCUT2D eigenvalue weighted by Gasteiger charge is -2.14. The predicted octanol–water partition coefficient (Wildman–Crippen LogP) is 5.77. The highest BCUT2D eigenvalue weighted by Gasteiger charge is 2.07. The normalized spacial score (nSPS) is 10.4. The third-order valence-electron chi connectivity index (χ3n) is 4.48. The Bertz CT molecular complexity index is 879. The van der Waals surface area contributed by atoms with E-state index in [1.807, 2.05) is 61.5 Å². The lowest BCUT2D eigenvalue weighted by atomic mass is 10.1. The number of aryl methyl sites for hydroxylation is 1. The standard InChI is InChI=1S/C24H25NO2/c1-17(2)21-12-22(26-15-19-9-5-4-8-18(19)3)14-23(13-21)27-16-20-10-6-7-11-24(20)25/h4-14H,1,15-16,25H2,2-3H3. The highest BCUT2D eigenvalue weighted by molar-refractivity contribution is 5.64. The second-order valence-electron chi connectivity index (χ2n) is 6.68. The van der Waals surface area contributed by atoms with Crippen LogP contribution in [0.2, 0.25) is 0 Å². The molecule has 3 rings (SSSR count). The Labute approximate surface area is 161 Å². The molecule has 0 aliphatic rings. The average Bonchev–Trinajstić information content (AvgIpc) is 2.66. The summed E-state index contributed by atoms with van der Waals surface area (Å²) >= 11 is 0. The lowest BCUT2D eigenvalue weighted by Crippen LogP contribution is -2.01. The molecule has 0 fully saturated rings. The molecule has 2 N–H and O–H groups in total. The van der Waals surface area contributed by atoms with Gasteiger partial charge in [0.05, 0.1) is 0 Å². The van der Waals surface area contributed by atoms with Gasteiger partial charge in [-0.3, -0.25) is 0 Å². The number of nitrogen functional groups attached to an aromatic ring is 1. The highest BCUT2D eigenvalue weighted by Crippen LogP contribution is 2.28. The molecule has 0 radical (unpaired) electrons. The molecule has 0 spiro atoms. The fourth-order valence-electron chi connectivity index (χ4n) is 2.74. The molecule has 0 aliphatic carbocycles. The number of hydrogen-bond acceptors (Lipinski definition) is 3. The molecule has 0 unspecified atom stereocenters. The van der Waals surface area contributed by atoms with Gasteiger partial charge in [0, 0.05) is 17.3 Å². The molecule has 0 atom stereocenters. The van der Waals surface area contributed by atoms with Crippen LogP contribution in [0.4, 0.5) is 5.69 Å². The minimum absolute atomic E-state index is 0.406. The number of allylic oxidation sites excluding steroid dienone is 1. The Balaban J connectivity index is 1.77. The van der Waals surface area contributed by atoms with E-state index in [2.05, 4.69) is 25.6 Å². The third-order valence-corrected chi connectivity index (χ3v) is 4.48. The van der Waals surface area contributed by atoms with E-state index in [1.54, 1.807) is 0 Å². The Kier molecular flexibility index (Phi) is 5.82. The van der Waals surface area contributed by atoms with Crippen molar-refractivity contribution in [2.24, 2.45) is 0 Å². The topological polar surface area (TPSA) is 44.5 Å². The van der Waals surface area contributed by atoms with Crippen molar-refractivity contribution in [3.05, 3.63) is 95.6 Å². The van der Waals surface area contributed by atoms with Crippen molar-refractivity contribution in [1.29, 1.82) is 0 Å². The van der Waals surface area contributed by atoms with Gasteiger partial charge in [0.25, 0.3) is 0 Å². The fourth-order valence-corrected chi connectivity index (χ4v) is 2.74. The molecular weight excluding hydrogens is 334 g/mol. The van der Waals surface area contributed by atoms with Crippen molar-refractivity contribution in [2.75, 3.05) is 5.73 Å². The van der Waals surface area contributed by atoms with Gasteiger partial charge in [-0.05, 0) is 48.7 Å². The molecule has 3 aromatic carbocycles. The Morgan fingerprint density at radius 3 is 2.00 bits per heavy atom. The molecule has 0 aromatic heterocycles. The van der Waals surface area contributed by atoms with E-state index >= 15 is 0 Å². The highest BCUT2D eigenvalue weighted by atomic mass is 16.5. The maximum absolute atomic E-state index is 6.03. The van der Waals surface area contributed by atoms with Crippen molar-refractivity contribution >= 4 is 11.3 Å². The summed E-state index contributed by atoms with van der Waals surface area (Å²) in [6.07, 6.45) is 0. The van der Waals surface area contributed by atoms with E-state index in [1.165, 1.54) is 5.56 Å². The van der Waals surface area contributed by atoms with Crippen LogP contribution in [0.3, 0.4) is 0 Å². The van der Waals surface area contributed by atoms with Crippen molar-refractivity contribution in [2.45, 2.75) is 27.1 Å². The van der Waals surface area contributed by atoms with Gasteiger partial charge in [-0.25, -0.2) is 0 Å². The Hall–Kier alpha value is -3.20. The molecule has 3 nitrogen and oxygen atoms in total. The summed E-state index contributed by atoms with van der Waals surface area (Å²) in [5, 5.41) is 0. The number of anilines is 1. The molecule has 0 saturated carbocycles. The number of ether oxygens (including phenoxy) is 2. The quantitative estimate of drug-likeness (QED) is 0.545. The summed E-state index contributed by atoms with van der Waals surface area (Å²) < 4.78 is 12.0. The lowest BCUT2D eigenvalue weighted by molar-refractivity contribution is 0.290. The summed E-state index contributed by atoms with van der Waals surface area (Å²) in [5.41, 5.74) is 12.0. The van der Waals surface area contributed by atoms with Crippen LogP contribution in [0.1, 0.15) is 29.2 Å². The molecule has 0 amide bonds. The van der Waals surface area contributed by atoms with E-state index in [-0.39, 0.29) is 0 Å². The zero-order valence-electron chi connectivity index (χ0n) is 15.9. The maximum atomic E-state index is 6.03. The molecule has 0 saturated heterocycles. The van der Waals surface area contributed by atoms with Gasteiger partial charge in [0.15, 0.2) is 0 Å². The minimum atomic E-state index is 0.406. The van der Waals surface area contributed by atoms with Crippen LogP contribution >= 0.6 is 0 Å². The van der Waals surface area contributed by atoms with Crippen LogP contribution in [-0.4, -0.2) is 0 Å². The summed E-state index contributed by atoms with van der Waals surface area (Å²) in [5.74, 6) is 1.49. The number of benzene rings is 3. The van der Waals surface area contributed by atoms with E-state index < -0.39 is 0 Å². The zero-order valence-corrected chi connectivity index (χ0v) is 15.9. The second kappa shape index (κ2) is 8.45. The fraction of sp³-hybridized carbons (Fsp3) is 0.167. The predicted molar refractivity (Wildman–Crippen MR) is 112 cm³/mol. The summed E-state index contributed by atoms with van der Waals surface area (Å²) in [7, 11) is 0. The first-order chi connectivity index (χ1) is 13.0. The second-order valence-corrected chi connectivity index (χ2v) is 6.68. The maximum Gasteiger partial charge on any atom is 0.124 e. The molecule has 0 aliphatic heterocycles. The summed E-state index contributed by atoms with van der Waals surface area (Å²) in [6, 6.07) is 21.8. The SMILES string of the molecule is C=C(C)c1cc(OCc2ccccc2C)cc(OCc2ccccc2N)c1. The van der Waals surface area contributed by atoms with Gasteiger partial charge in [-0.2, -0.15) is 0 Å². The molecular formula is C24H25NO2. The van der Waals surface area contributed by atoms with Crippen molar-refractivity contribution in [3.8, 4) is 11.5 Å². The molecule has 3 aromatic rings. The Morgan fingerprint density at radius 1 is 0.852 bits per heavy atom. The summed E-state index contributed by atoms with van der Waals surface area (Å²) in [6.45, 7) is 9.02. The van der Waals surface area contributed by atoms with Gasteiger partial charge in [0.1, 0.15) is 24.7 Å². The number of rotatable bonds is 7. The van der Waals surface area contributed by atoms with Crippen molar-refractivity contribution < 1.29 is 9.47 Å². The number of hydrogen-bond donors (Lipinski definition) is 1. The van der Waals surface area contributed by atoms with E-state index in [0.29, 0.717) is 13.2 Å². The summed E-state index contributed by atoms with van der Waals surface area (Å²) in [4.78, 5) is 0. The molecule has 0 heterocycles. The smallest absolute Gasteiger partial charge is 0.124 e. The van der Waals surface area contributed by atoms with Crippen LogP contribution in [0.25, 0.3) is 5.57 Å². The average molecular weight is 359 g/mol. The molecule has 138 valence electrons. The van der Waals surface area contributed by atoms with E-state index in [0.717, 1.165) is 39.4 Å². The van der Waals surface area contributed by atoms with Crippen LogP contribution < -0.4 is 15.2 Å². The van der Waals surface area contributed by atoms with Gasteiger partial charge >= 0.3 is 0 Å². The van der Waals surface area contributed by atoms with Crippen LogP contribution in [0, 0.1) is 6.92 Å². The van der Waals surface area contributed by atoms with Gasteiger partial charge in [-0.15, -0.1) is 0 Å². The van der Waals surface area contributed by atoms with Crippen molar-refractivity contribution in [3.63, 3.8) is 0 Å². The van der Waals surface area contributed by atoms with Gasteiger partial charge < -0.3 is 15.2 Å². The van der Waals surface area contributed by atoms with Crippen LogP contribution in [0.15, 0.2) is 73.3 Å². The molecule has 3 heteroatoms.